The molecule has 86 valence electrons. The monoisotopic (exact) mass is 222 g/mol. The van der Waals surface area contributed by atoms with Crippen LogP contribution in [0.5, 0.6) is 0 Å². The molecule has 0 bridgehead atoms. The van der Waals surface area contributed by atoms with E-state index in [2.05, 4.69) is 50.4 Å². The molecular weight excluding hydrogens is 204 g/mol. The van der Waals surface area contributed by atoms with Crippen LogP contribution in [-0.2, 0) is 6.42 Å². The largest absolute Gasteiger partial charge is 0.0990 e. The summed E-state index contributed by atoms with van der Waals surface area (Å²) in [7, 11) is 0. The van der Waals surface area contributed by atoms with Crippen molar-refractivity contribution >= 4 is 11.6 Å². The van der Waals surface area contributed by atoms with Crippen LogP contribution in [0.3, 0.4) is 0 Å². The SMILES string of the molecule is C=C/C=C(\C=C)c1cccc2c1C=CC(C)C2. The highest BCUT2D eigenvalue weighted by Crippen LogP contribution is 2.30. The summed E-state index contributed by atoms with van der Waals surface area (Å²) in [5, 5.41) is 0. The zero-order valence-electron chi connectivity index (χ0n) is 10.3. The van der Waals surface area contributed by atoms with E-state index >= 15 is 0 Å². The summed E-state index contributed by atoms with van der Waals surface area (Å²) in [4.78, 5) is 0. The molecule has 0 amide bonds. The minimum atomic E-state index is 0.633. The molecule has 0 heterocycles. The Morgan fingerprint density at radius 3 is 2.88 bits per heavy atom. The average Bonchev–Trinajstić information content (AvgIpc) is 2.35. The molecule has 0 aliphatic heterocycles. The van der Waals surface area contributed by atoms with Gasteiger partial charge in [-0.2, -0.15) is 0 Å². The fourth-order valence-electron chi connectivity index (χ4n) is 2.31. The second-order valence-corrected chi connectivity index (χ2v) is 4.48. The van der Waals surface area contributed by atoms with E-state index in [-0.39, 0.29) is 0 Å². The summed E-state index contributed by atoms with van der Waals surface area (Å²) in [5.74, 6) is 0.633. The summed E-state index contributed by atoms with van der Waals surface area (Å²) in [6.07, 6.45) is 11.3. The molecule has 0 radical (unpaired) electrons. The third-order valence-electron chi connectivity index (χ3n) is 3.16. The lowest BCUT2D eigenvalue weighted by atomic mass is 9.86. The van der Waals surface area contributed by atoms with Gasteiger partial charge < -0.3 is 0 Å². The summed E-state index contributed by atoms with van der Waals surface area (Å²) >= 11 is 0. The maximum Gasteiger partial charge on any atom is -0.0109 e. The Bertz CT molecular complexity index is 501. The van der Waals surface area contributed by atoms with Gasteiger partial charge in [0.2, 0.25) is 0 Å². The van der Waals surface area contributed by atoms with E-state index in [9.17, 15) is 0 Å². The minimum absolute atomic E-state index is 0.633. The smallest absolute Gasteiger partial charge is 0.0109 e. The first-order chi connectivity index (χ1) is 8.26. The standard InChI is InChI=1S/C17H18/c1-4-7-14(5-2)16-9-6-8-15-12-13(3)10-11-17(15)16/h4-11,13H,1-2,12H2,3H3/b14-7+. The molecule has 1 aliphatic carbocycles. The minimum Gasteiger partial charge on any atom is -0.0990 e. The van der Waals surface area contributed by atoms with Crippen LogP contribution in [-0.4, -0.2) is 0 Å². The molecular formula is C17H18. The molecule has 1 aliphatic rings. The van der Waals surface area contributed by atoms with Crippen LogP contribution >= 0.6 is 0 Å². The van der Waals surface area contributed by atoms with Crippen LogP contribution in [0.4, 0.5) is 0 Å². The van der Waals surface area contributed by atoms with E-state index < -0.39 is 0 Å². The van der Waals surface area contributed by atoms with Crippen LogP contribution in [0, 0.1) is 5.92 Å². The number of benzene rings is 1. The lowest BCUT2D eigenvalue weighted by Crippen LogP contribution is -2.05. The summed E-state index contributed by atoms with van der Waals surface area (Å²) in [5.41, 5.74) is 5.14. The van der Waals surface area contributed by atoms with Gasteiger partial charge in [0, 0.05) is 0 Å². The third kappa shape index (κ3) is 2.31. The van der Waals surface area contributed by atoms with Gasteiger partial charge in [-0.05, 0) is 34.6 Å². The molecule has 1 aromatic carbocycles. The van der Waals surface area contributed by atoms with Gasteiger partial charge in [0.25, 0.3) is 0 Å². The Hall–Kier alpha value is -1.82. The Labute approximate surface area is 104 Å². The number of allylic oxidation sites excluding steroid dienone is 5. The van der Waals surface area contributed by atoms with E-state index in [0.29, 0.717) is 5.92 Å². The van der Waals surface area contributed by atoms with E-state index in [1.165, 1.54) is 16.7 Å². The van der Waals surface area contributed by atoms with E-state index in [0.717, 1.165) is 12.0 Å². The van der Waals surface area contributed by atoms with Crippen LogP contribution < -0.4 is 0 Å². The fraction of sp³-hybridized carbons (Fsp3) is 0.176. The molecule has 1 atom stereocenters. The Kier molecular flexibility index (Phi) is 3.43. The average molecular weight is 222 g/mol. The van der Waals surface area contributed by atoms with Gasteiger partial charge >= 0.3 is 0 Å². The van der Waals surface area contributed by atoms with Gasteiger partial charge in [-0.3, -0.25) is 0 Å². The quantitative estimate of drug-likeness (QED) is 0.653. The first kappa shape index (κ1) is 11.7. The Balaban J connectivity index is 2.55. The van der Waals surface area contributed by atoms with Crippen molar-refractivity contribution in [3.63, 3.8) is 0 Å². The van der Waals surface area contributed by atoms with Crippen molar-refractivity contribution in [3.8, 4) is 0 Å². The highest BCUT2D eigenvalue weighted by atomic mass is 14.2. The fourth-order valence-corrected chi connectivity index (χ4v) is 2.31. The van der Waals surface area contributed by atoms with Crippen molar-refractivity contribution in [2.75, 3.05) is 0 Å². The zero-order valence-corrected chi connectivity index (χ0v) is 10.3. The van der Waals surface area contributed by atoms with Crippen molar-refractivity contribution in [3.05, 3.63) is 72.4 Å². The summed E-state index contributed by atoms with van der Waals surface area (Å²) in [6, 6.07) is 6.49. The second-order valence-electron chi connectivity index (χ2n) is 4.48. The molecule has 1 aromatic rings. The Morgan fingerprint density at radius 2 is 2.18 bits per heavy atom. The van der Waals surface area contributed by atoms with Crippen molar-refractivity contribution in [2.45, 2.75) is 13.3 Å². The lowest BCUT2D eigenvalue weighted by Gasteiger charge is -2.19. The number of hydrogen-bond donors (Lipinski definition) is 0. The van der Waals surface area contributed by atoms with Gasteiger partial charge in [0.05, 0.1) is 0 Å². The van der Waals surface area contributed by atoms with Gasteiger partial charge in [0.1, 0.15) is 0 Å². The van der Waals surface area contributed by atoms with E-state index in [1.54, 1.807) is 0 Å². The first-order valence-corrected chi connectivity index (χ1v) is 6.02. The number of fused-ring (bicyclic) bond motifs is 1. The normalized spacial score (nSPS) is 18.6. The molecule has 0 spiro atoms. The van der Waals surface area contributed by atoms with Crippen molar-refractivity contribution in [1.29, 1.82) is 0 Å². The predicted molar refractivity (Wildman–Crippen MR) is 76.7 cm³/mol. The zero-order chi connectivity index (χ0) is 12.3. The van der Waals surface area contributed by atoms with Gasteiger partial charge in [-0.15, -0.1) is 0 Å². The molecule has 0 saturated carbocycles. The second kappa shape index (κ2) is 5.01. The van der Waals surface area contributed by atoms with Gasteiger partial charge in [-0.1, -0.05) is 68.7 Å². The van der Waals surface area contributed by atoms with Crippen LogP contribution in [0.25, 0.3) is 11.6 Å². The van der Waals surface area contributed by atoms with E-state index in [4.69, 9.17) is 0 Å². The van der Waals surface area contributed by atoms with Crippen molar-refractivity contribution in [1.82, 2.24) is 0 Å². The summed E-state index contributed by atoms with van der Waals surface area (Å²) in [6.45, 7) is 9.89. The maximum atomic E-state index is 3.88. The molecule has 0 aromatic heterocycles. The molecule has 0 nitrogen and oxygen atoms in total. The number of hydrogen-bond acceptors (Lipinski definition) is 0. The van der Waals surface area contributed by atoms with Crippen LogP contribution in [0.1, 0.15) is 23.6 Å². The first-order valence-electron chi connectivity index (χ1n) is 6.02. The molecule has 0 fully saturated rings. The Morgan fingerprint density at radius 1 is 1.35 bits per heavy atom. The van der Waals surface area contributed by atoms with Crippen LogP contribution in [0.15, 0.2) is 55.7 Å². The predicted octanol–water partition coefficient (Wildman–Crippen LogP) is 4.65. The highest BCUT2D eigenvalue weighted by Gasteiger charge is 2.13. The number of rotatable bonds is 3. The lowest BCUT2D eigenvalue weighted by molar-refractivity contribution is 0.717. The molecule has 17 heavy (non-hydrogen) atoms. The molecule has 1 unspecified atom stereocenters. The maximum absolute atomic E-state index is 3.88. The molecule has 2 rings (SSSR count). The highest BCUT2D eigenvalue weighted by molar-refractivity contribution is 5.82. The molecule has 0 saturated heterocycles. The molecule has 0 N–H and O–H groups in total. The van der Waals surface area contributed by atoms with Crippen LogP contribution in [0.2, 0.25) is 0 Å². The van der Waals surface area contributed by atoms with Crippen molar-refractivity contribution < 1.29 is 0 Å². The van der Waals surface area contributed by atoms with Crippen molar-refractivity contribution in [2.24, 2.45) is 5.92 Å². The van der Waals surface area contributed by atoms with Gasteiger partial charge in [-0.25, -0.2) is 0 Å². The third-order valence-corrected chi connectivity index (χ3v) is 3.16. The summed E-state index contributed by atoms with van der Waals surface area (Å²) < 4.78 is 0. The van der Waals surface area contributed by atoms with E-state index in [1.807, 2.05) is 18.2 Å². The molecule has 0 heteroatoms. The van der Waals surface area contributed by atoms with Gasteiger partial charge in [0.15, 0.2) is 0 Å². The topological polar surface area (TPSA) is 0 Å².